The first-order valence-corrected chi connectivity index (χ1v) is 13.3. The summed E-state index contributed by atoms with van der Waals surface area (Å²) in [6, 6.07) is 0. The molecule has 32 heavy (non-hydrogen) atoms. The first-order valence-electron chi connectivity index (χ1n) is 13.3. The smallest absolute Gasteiger partial charge is 0.171 e. The second kappa shape index (κ2) is 7.02. The Bertz CT molecular complexity index is 789. The summed E-state index contributed by atoms with van der Waals surface area (Å²) in [6.45, 7) is 10.2. The van der Waals surface area contributed by atoms with Gasteiger partial charge in [0.2, 0.25) is 0 Å². The second-order valence-corrected chi connectivity index (χ2v) is 13.2. The normalized spacial score (nSPS) is 61.8. The number of ether oxygens (including phenoxy) is 2. The van der Waals surface area contributed by atoms with E-state index in [0.29, 0.717) is 48.3 Å². The number of carbonyl (C=O) groups is 1. The van der Waals surface area contributed by atoms with Gasteiger partial charge in [0.15, 0.2) is 11.6 Å². The molecule has 13 atom stereocenters. The summed E-state index contributed by atoms with van der Waals surface area (Å²) in [6.07, 6.45) is 6.19. The molecule has 5 heteroatoms. The summed E-state index contributed by atoms with van der Waals surface area (Å²) in [5, 5.41) is 21.4. The lowest BCUT2D eigenvalue weighted by Crippen LogP contribution is -2.60. The predicted molar refractivity (Wildman–Crippen MR) is 120 cm³/mol. The van der Waals surface area contributed by atoms with Crippen LogP contribution in [0.2, 0.25) is 0 Å². The van der Waals surface area contributed by atoms with Crippen LogP contribution < -0.4 is 0 Å². The zero-order chi connectivity index (χ0) is 22.6. The van der Waals surface area contributed by atoms with Gasteiger partial charge in [0, 0.05) is 18.8 Å². The Kier molecular flexibility index (Phi) is 4.83. The topological polar surface area (TPSA) is 76.0 Å². The lowest BCUT2D eigenvalue weighted by atomic mass is 9.43. The number of Topliss-reactive ketones (excluding diaryl/α,β-unsaturated/α-hetero) is 1. The zero-order valence-electron chi connectivity index (χ0n) is 20.3. The molecule has 5 nitrogen and oxygen atoms in total. The van der Waals surface area contributed by atoms with Crippen molar-refractivity contribution in [3.05, 3.63) is 0 Å². The van der Waals surface area contributed by atoms with Crippen LogP contribution in [0.15, 0.2) is 0 Å². The molecule has 2 N–H and O–H groups in total. The number of hydrogen-bond acceptors (Lipinski definition) is 5. The van der Waals surface area contributed by atoms with E-state index in [1.54, 1.807) is 0 Å². The fraction of sp³-hybridized carbons (Fsp3) is 0.963. The zero-order valence-corrected chi connectivity index (χ0v) is 20.3. The largest absolute Gasteiger partial charge is 0.393 e. The van der Waals surface area contributed by atoms with Gasteiger partial charge < -0.3 is 19.7 Å². The first kappa shape index (κ1) is 22.0. The number of aliphatic hydroxyl groups excluding tert-OH is 2. The Morgan fingerprint density at radius 1 is 0.938 bits per heavy atom. The van der Waals surface area contributed by atoms with Gasteiger partial charge in [0.1, 0.15) is 6.10 Å². The number of fused-ring (bicyclic) bond motifs is 7. The van der Waals surface area contributed by atoms with Gasteiger partial charge in [-0.3, -0.25) is 4.79 Å². The van der Waals surface area contributed by atoms with Crippen LogP contribution >= 0.6 is 0 Å². The molecule has 0 aromatic heterocycles. The molecule has 0 amide bonds. The van der Waals surface area contributed by atoms with Crippen LogP contribution in [0, 0.1) is 52.3 Å². The molecule has 6 fully saturated rings. The first-order chi connectivity index (χ1) is 15.1. The lowest BCUT2D eigenvalue weighted by molar-refractivity contribution is -0.273. The second-order valence-electron chi connectivity index (χ2n) is 13.2. The molecule has 0 aromatic rings. The SMILES string of the molecule is CC1C2C(CC3C4C[C@@H](O)[C@H]5C[C@@H](O)C(=O)C[C@]5(C)C4CC[C@@]32C)O[C@]12CC[C@H](C)CO2. The minimum absolute atomic E-state index is 0.0178. The Morgan fingerprint density at radius 3 is 2.44 bits per heavy atom. The Morgan fingerprint density at radius 2 is 1.72 bits per heavy atom. The van der Waals surface area contributed by atoms with E-state index in [9.17, 15) is 15.0 Å². The van der Waals surface area contributed by atoms with Crippen LogP contribution in [0.4, 0.5) is 0 Å². The molecule has 6 rings (SSSR count). The molecule has 2 heterocycles. The summed E-state index contributed by atoms with van der Waals surface area (Å²) >= 11 is 0. The number of carbonyl (C=O) groups excluding carboxylic acids is 1. The molecule has 0 aromatic carbocycles. The molecular formula is C27H42O5. The van der Waals surface area contributed by atoms with Crippen LogP contribution in [0.3, 0.4) is 0 Å². The van der Waals surface area contributed by atoms with E-state index >= 15 is 0 Å². The molecule has 4 saturated carbocycles. The van der Waals surface area contributed by atoms with Gasteiger partial charge >= 0.3 is 0 Å². The molecule has 180 valence electrons. The summed E-state index contributed by atoms with van der Waals surface area (Å²) in [5.74, 6) is 2.60. The van der Waals surface area contributed by atoms with E-state index in [4.69, 9.17) is 9.47 Å². The van der Waals surface area contributed by atoms with E-state index in [2.05, 4.69) is 27.7 Å². The maximum absolute atomic E-state index is 12.6. The van der Waals surface area contributed by atoms with Crippen LogP contribution in [0.5, 0.6) is 0 Å². The van der Waals surface area contributed by atoms with Gasteiger partial charge in [-0.2, -0.15) is 0 Å². The minimum atomic E-state index is -0.886. The maximum atomic E-state index is 12.6. The van der Waals surface area contributed by atoms with Gasteiger partial charge in [0.05, 0.1) is 18.8 Å². The molecule has 2 saturated heterocycles. The fourth-order valence-electron chi connectivity index (χ4n) is 10.2. The third-order valence-electron chi connectivity index (χ3n) is 11.8. The fourth-order valence-corrected chi connectivity index (χ4v) is 10.2. The average molecular weight is 447 g/mol. The number of hydrogen-bond donors (Lipinski definition) is 2. The minimum Gasteiger partial charge on any atom is -0.393 e. The van der Waals surface area contributed by atoms with E-state index in [0.717, 1.165) is 32.3 Å². The highest BCUT2D eigenvalue weighted by atomic mass is 16.7. The Labute approximate surface area is 192 Å². The van der Waals surface area contributed by atoms with E-state index in [-0.39, 0.29) is 34.4 Å². The summed E-state index contributed by atoms with van der Waals surface area (Å²) in [5.41, 5.74) is 0.0241. The number of rotatable bonds is 0. The highest BCUT2D eigenvalue weighted by Gasteiger charge is 2.70. The van der Waals surface area contributed by atoms with Crippen LogP contribution in [0.25, 0.3) is 0 Å². The molecule has 2 aliphatic heterocycles. The van der Waals surface area contributed by atoms with Gasteiger partial charge in [-0.25, -0.2) is 0 Å². The van der Waals surface area contributed by atoms with Crippen LogP contribution in [-0.4, -0.2) is 46.7 Å². The highest BCUT2D eigenvalue weighted by molar-refractivity contribution is 5.84. The van der Waals surface area contributed by atoms with Crippen molar-refractivity contribution in [2.45, 2.75) is 103 Å². The third kappa shape index (κ3) is 2.74. The van der Waals surface area contributed by atoms with Crippen molar-refractivity contribution in [1.29, 1.82) is 0 Å². The van der Waals surface area contributed by atoms with E-state index in [1.807, 2.05) is 0 Å². The molecule has 1 spiro atoms. The molecule has 4 aliphatic carbocycles. The predicted octanol–water partition coefficient (Wildman–Crippen LogP) is 3.94. The van der Waals surface area contributed by atoms with Crippen molar-refractivity contribution in [1.82, 2.24) is 0 Å². The van der Waals surface area contributed by atoms with Crippen molar-refractivity contribution in [3.8, 4) is 0 Å². The molecule has 6 aliphatic rings. The van der Waals surface area contributed by atoms with Crippen molar-refractivity contribution in [2.24, 2.45) is 52.3 Å². The van der Waals surface area contributed by atoms with Gasteiger partial charge in [0.25, 0.3) is 0 Å². The monoisotopic (exact) mass is 446 g/mol. The third-order valence-corrected chi connectivity index (χ3v) is 11.8. The average Bonchev–Trinajstić information content (AvgIpc) is 3.18. The van der Waals surface area contributed by atoms with Crippen LogP contribution in [0.1, 0.15) is 79.1 Å². The standard InChI is InChI=1S/C27H42O5/c1-14-5-8-27(31-13-14)15(2)24-23(32-27)11-18-16-9-20(28)19-10-21(29)22(30)12-26(19,4)17(16)6-7-25(18,24)3/h14-21,23-24,28-29H,5-13H2,1-4H3/t14-,15?,16?,17?,18?,19+,20+,21+,23?,24?,25-,26+,27+/m0/s1. The van der Waals surface area contributed by atoms with Gasteiger partial charge in [-0.05, 0) is 84.9 Å². The van der Waals surface area contributed by atoms with Gasteiger partial charge in [-0.1, -0.05) is 27.7 Å². The molecular weight excluding hydrogens is 404 g/mol. The number of aliphatic hydroxyl groups is 2. The van der Waals surface area contributed by atoms with Gasteiger partial charge in [-0.15, -0.1) is 0 Å². The Balaban J connectivity index is 1.29. The molecule has 0 radical (unpaired) electrons. The summed E-state index contributed by atoms with van der Waals surface area (Å²) in [4.78, 5) is 12.6. The molecule has 0 bridgehead atoms. The van der Waals surface area contributed by atoms with E-state index in [1.165, 1.54) is 12.8 Å². The number of ketones is 1. The van der Waals surface area contributed by atoms with Crippen molar-refractivity contribution in [3.63, 3.8) is 0 Å². The quantitative estimate of drug-likeness (QED) is 0.589. The molecule has 6 unspecified atom stereocenters. The van der Waals surface area contributed by atoms with E-state index < -0.39 is 12.2 Å². The lowest BCUT2D eigenvalue weighted by Gasteiger charge is -2.62. The summed E-state index contributed by atoms with van der Waals surface area (Å²) < 4.78 is 13.3. The van der Waals surface area contributed by atoms with Crippen molar-refractivity contribution >= 4 is 5.78 Å². The highest BCUT2D eigenvalue weighted by Crippen LogP contribution is 2.71. The van der Waals surface area contributed by atoms with Crippen LogP contribution in [-0.2, 0) is 14.3 Å². The Hall–Kier alpha value is -0.490. The van der Waals surface area contributed by atoms with Crippen molar-refractivity contribution in [2.75, 3.05) is 6.61 Å². The summed E-state index contributed by atoms with van der Waals surface area (Å²) in [7, 11) is 0. The van der Waals surface area contributed by atoms with Crippen molar-refractivity contribution < 1.29 is 24.5 Å². The maximum Gasteiger partial charge on any atom is 0.171 e.